The first-order chi connectivity index (χ1) is 14.7. The summed E-state index contributed by atoms with van der Waals surface area (Å²) in [4.78, 5) is 15.1. The molecule has 3 rings (SSSR count). The summed E-state index contributed by atoms with van der Waals surface area (Å²) >= 11 is 0. The van der Waals surface area contributed by atoms with Crippen molar-refractivity contribution >= 4 is 11.9 Å². The van der Waals surface area contributed by atoms with Gasteiger partial charge in [-0.2, -0.15) is 0 Å². The topological polar surface area (TPSA) is 57.2 Å². The summed E-state index contributed by atoms with van der Waals surface area (Å²) in [5.41, 5.74) is 2.41. The predicted molar refractivity (Wildman–Crippen MR) is 117 cm³/mol. The van der Waals surface area contributed by atoms with Gasteiger partial charge in [0, 0.05) is 36.3 Å². The van der Waals surface area contributed by atoms with E-state index in [9.17, 15) is 4.79 Å². The van der Waals surface area contributed by atoms with Crippen LogP contribution in [-0.4, -0.2) is 57.8 Å². The average molecular weight is 411 g/mol. The number of ketones is 1. The summed E-state index contributed by atoms with van der Waals surface area (Å²) in [7, 11) is 3.25. The second-order valence-corrected chi connectivity index (χ2v) is 6.92. The minimum Gasteiger partial charge on any atom is -0.496 e. The van der Waals surface area contributed by atoms with Gasteiger partial charge in [0.1, 0.15) is 5.75 Å². The molecule has 6 nitrogen and oxygen atoms in total. The molecule has 1 heterocycles. The molecule has 0 unspecified atom stereocenters. The van der Waals surface area contributed by atoms with Gasteiger partial charge < -0.3 is 18.9 Å². The standard InChI is InChI=1S/C24H29NO5/c1-4-30-23-7-5-6-18(24(23)28-3)8-10-21(26)19-9-11-22(27-2)20(16-19)17-25-12-14-29-15-13-25/h5-11,16H,4,12-15,17H2,1-3H3/b10-8+. The first-order valence-electron chi connectivity index (χ1n) is 10.2. The van der Waals surface area contributed by atoms with Crippen molar-refractivity contribution in [3.05, 3.63) is 59.2 Å². The van der Waals surface area contributed by atoms with Crippen LogP contribution < -0.4 is 14.2 Å². The van der Waals surface area contributed by atoms with E-state index in [0.29, 0.717) is 23.7 Å². The highest BCUT2D eigenvalue weighted by Crippen LogP contribution is 2.32. The molecular weight excluding hydrogens is 382 g/mol. The van der Waals surface area contributed by atoms with Crippen LogP contribution in [0.4, 0.5) is 0 Å². The van der Waals surface area contributed by atoms with E-state index < -0.39 is 0 Å². The first kappa shape index (κ1) is 21.9. The van der Waals surface area contributed by atoms with E-state index in [1.807, 2.05) is 37.3 Å². The second kappa shape index (κ2) is 10.8. The van der Waals surface area contributed by atoms with Crippen LogP contribution in [0.5, 0.6) is 17.2 Å². The molecule has 2 aromatic rings. The molecule has 6 heteroatoms. The fourth-order valence-corrected chi connectivity index (χ4v) is 3.47. The van der Waals surface area contributed by atoms with Crippen LogP contribution in [0.15, 0.2) is 42.5 Å². The Labute approximate surface area is 178 Å². The second-order valence-electron chi connectivity index (χ2n) is 6.92. The Morgan fingerprint density at radius 1 is 1.10 bits per heavy atom. The molecule has 0 atom stereocenters. The van der Waals surface area contributed by atoms with Crippen LogP contribution in [0, 0.1) is 0 Å². The Balaban J connectivity index is 1.80. The monoisotopic (exact) mass is 411 g/mol. The van der Waals surface area contributed by atoms with Crippen LogP contribution in [0.1, 0.15) is 28.4 Å². The quantitative estimate of drug-likeness (QED) is 0.462. The molecular formula is C24H29NO5. The van der Waals surface area contributed by atoms with Gasteiger partial charge in [-0.1, -0.05) is 12.1 Å². The molecule has 0 bridgehead atoms. The van der Waals surface area contributed by atoms with Crippen LogP contribution in [0.3, 0.4) is 0 Å². The lowest BCUT2D eigenvalue weighted by Crippen LogP contribution is -2.35. The lowest BCUT2D eigenvalue weighted by molar-refractivity contribution is 0.0338. The number of morpholine rings is 1. The van der Waals surface area contributed by atoms with Crippen molar-refractivity contribution in [2.24, 2.45) is 0 Å². The lowest BCUT2D eigenvalue weighted by Gasteiger charge is -2.27. The van der Waals surface area contributed by atoms with Gasteiger partial charge in [-0.05, 0) is 43.3 Å². The van der Waals surface area contributed by atoms with Crippen molar-refractivity contribution < 1.29 is 23.7 Å². The summed E-state index contributed by atoms with van der Waals surface area (Å²) in [6, 6.07) is 11.2. The molecule has 0 radical (unpaired) electrons. The van der Waals surface area contributed by atoms with E-state index in [1.165, 1.54) is 0 Å². The zero-order chi connectivity index (χ0) is 21.3. The first-order valence-corrected chi connectivity index (χ1v) is 10.2. The van der Waals surface area contributed by atoms with Crippen molar-refractivity contribution in [1.82, 2.24) is 4.90 Å². The highest BCUT2D eigenvalue weighted by Gasteiger charge is 2.15. The smallest absolute Gasteiger partial charge is 0.185 e. The number of hydrogen-bond donors (Lipinski definition) is 0. The fraction of sp³-hybridized carbons (Fsp3) is 0.375. The Hall–Kier alpha value is -2.83. The Morgan fingerprint density at radius 3 is 2.60 bits per heavy atom. The van der Waals surface area contributed by atoms with Crippen molar-refractivity contribution in [2.75, 3.05) is 47.1 Å². The van der Waals surface area contributed by atoms with Crippen molar-refractivity contribution in [3.8, 4) is 17.2 Å². The fourth-order valence-electron chi connectivity index (χ4n) is 3.47. The van der Waals surface area contributed by atoms with Gasteiger partial charge in [0.05, 0.1) is 34.0 Å². The van der Waals surface area contributed by atoms with E-state index in [1.54, 1.807) is 32.4 Å². The van der Waals surface area contributed by atoms with Gasteiger partial charge in [0.25, 0.3) is 0 Å². The Bertz CT molecular complexity index is 887. The van der Waals surface area contributed by atoms with E-state index in [-0.39, 0.29) is 5.78 Å². The summed E-state index contributed by atoms with van der Waals surface area (Å²) in [5.74, 6) is 1.98. The normalized spacial score (nSPS) is 14.6. The van der Waals surface area contributed by atoms with Crippen LogP contribution >= 0.6 is 0 Å². The number of benzene rings is 2. The molecule has 0 spiro atoms. The number of allylic oxidation sites excluding steroid dienone is 1. The minimum absolute atomic E-state index is 0.0789. The zero-order valence-electron chi connectivity index (χ0n) is 17.8. The SMILES string of the molecule is CCOc1cccc(/C=C/C(=O)c2ccc(OC)c(CN3CCOCC3)c2)c1OC. The third kappa shape index (κ3) is 5.40. The summed E-state index contributed by atoms with van der Waals surface area (Å²) < 4.78 is 22.0. The molecule has 160 valence electrons. The number of hydrogen-bond acceptors (Lipinski definition) is 6. The molecule has 0 amide bonds. The maximum absolute atomic E-state index is 12.8. The van der Waals surface area contributed by atoms with E-state index in [2.05, 4.69) is 4.90 Å². The number of carbonyl (C=O) groups is 1. The number of methoxy groups -OCH3 is 2. The molecule has 0 aliphatic carbocycles. The lowest BCUT2D eigenvalue weighted by atomic mass is 10.0. The van der Waals surface area contributed by atoms with Gasteiger partial charge in [0.2, 0.25) is 0 Å². The van der Waals surface area contributed by atoms with Gasteiger partial charge in [-0.15, -0.1) is 0 Å². The van der Waals surface area contributed by atoms with Crippen molar-refractivity contribution in [2.45, 2.75) is 13.5 Å². The van der Waals surface area contributed by atoms with Gasteiger partial charge in [0.15, 0.2) is 17.3 Å². The van der Waals surface area contributed by atoms with Gasteiger partial charge >= 0.3 is 0 Å². The van der Waals surface area contributed by atoms with Crippen LogP contribution in [0.2, 0.25) is 0 Å². The number of rotatable bonds is 9. The maximum Gasteiger partial charge on any atom is 0.185 e. The summed E-state index contributed by atoms with van der Waals surface area (Å²) in [5, 5.41) is 0. The summed E-state index contributed by atoms with van der Waals surface area (Å²) in [6.45, 7) is 6.39. The highest BCUT2D eigenvalue weighted by atomic mass is 16.5. The number of carbonyl (C=O) groups excluding carboxylic acids is 1. The third-order valence-corrected chi connectivity index (χ3v) is 4.99. The molecule has 30 heavy (non-hydrogen) atoms. The van der Waals surface area contributed by atoms with E-state index in [0.717, 1.165) is 49.7 Å². The molecule has 2 aromatic carbocycles. The number of para-hydroxylation sites is 1. The molecule has 1 fully saturated rings. The predicted octanol–water partition coefficient (Wildman–Crippen LogP) is 3.83. The van der Waals surface area contributed by atoms with Crippen LogP contribution in [0.25, 0.3) is 6.08 Å². The number of ether oxygens (including phenoxy) is 4. The highest BCUT2D eigenvalue weighted by molar-refractivity contribution is 6.07. The summed E-state index contributed by atoms with van der Waals surface area (Å²) in [6.07, 6.45) is 3.32. The Morgan fingerprint density at radius 2 is 1.90 bits per heavy atom. The Kier molecular flexibility index (Phi) is 7.88. The van der Waals surface area contributed by atoms with Crippen molar-refractivity contribution in [3.63, 3.8) is 0 Å². The molecule has 1 aliphatic rings. The van der Waals surface area contributed by atoms with Crippen molar-refractivity contribution in [1.29, 1.82) is 0 Å². The zero-order valence-corrected chi connectivity index (χ0v) is 17.8. The van der Waals surface area contributed by atoms with E-state index in [4.69, 9.17) is 18.9 Å². The average Bonchev–Trinajstić information content (AvgIpc) is 2.78. The van der Waals surface area contributed by atoms with Crippen LogP contribution in [-0.2, 0) is 11.3 Å². The maximum atomic E-state index is 12.8. The largest absolute Gasteiger partial charge is 0.496 e. The number of nitrogens with zero attached hydrogens (tertiary/aromatic N) is 1. The molecule has 0 N–H and O–H groups in total. The van der Waals surface area contributed by atoms with Gasteiger partial charge in [-0.3, -0.25) is 9.69 Å². The minimum atomic E-state index is -0.0789. The molecule has 1 saturated heterocycles. The molecule has 0 saturated carbocycles. The molecule has 1 aliphatic heterocycles. The third-order valence-electron chi connectivity index (χ3n) is 4.99. The van der Waals surface area contributed by atoms with Gasteiger partial charge in [-0.25, -0.2) is 0 Å². The van der Waals surface area contributed by atoms with E-state index >= 15 is 0 Å². The molecule has 0 aromatic heterocycles.